The summed E-state index contributed by atoms with van der Waals surface area (Å²) in [6, 6.07) is 2.50. The molecule has 0 radical (unpaired) electrons. The van der Waals surface area contributed by atoms with Crippen LogP contribution >= 0.6 is 0 Å². The molecule has 0 aliphatic heterocycles. The van der Waals surface area contributed by atoms with Crippen molar-refractivity contribution in [3.05, 3.63) is 11.8 Å². The molecular weight excluding hydrogens is 190 g/mol. The highest BCUT2D eigenvalue weighted by atomic mass is 16.5. The normalized spacial score (nSPS) is 17.8. The first-order valence-corrected chi connectivity index (χ1v) is 5.47. The van der Waals surface area contributed by atoms with E-state index >= 15 is 0 Å². The Morgan fingerprint density at radius 1 is 1.67 bits per heavy atom. The largest absolute Gasteiger partial charge is 0.383 e. The summed E-state index contributed by atoms with van der Waals surface area (Å²) < 4.78 is 7.11. The van der Waals surface area contributed by atoms with Crippen molar-refractivity contribution >= 4 is 5.82 Å². The smallest absolute Gasteiger partial charge is 0.148 e. The lowest BCUT2D eigenvalue weighted by molar-refractivity contribution is 0.179. The molecule has 0 bridgehead atoms. The van der Waals surface area contributed by atoms with Gasteiger partial charge in [0.1, 0.15) is 5.82 Å². The minimum atomic E-state index is 0.421. The van der Waals surface area contributed by atoms with E-state index in [1.54, 1.807) is 7.11 Å². The van der Waals surface area contributed by atoms with Gasteiger partial charge in [0.25, 0.3) is 0 Å². The Morgan fingerprint density at radius 2 is 2.40 bits per heavy atom. The Bertz CT molecular complexity index is 311. The first kappa shape index (κ1) is 10.5. The van der Waals surface area contributed by atoms with Crippen LogP contribution in [-0.2, 0) is 11.8 Å². The van der Waals surface area contributed by atoms with Crippen LogP contribution in [0.5, 0.6) is 0 Å². The molecule has 0 saturated heterocycles. The monoisotopic (exact) mass is 209 g/mol. The van der Waals surface area contributed by atoms with E-state index in [0.717, 1.165) is 18.3 Å². The summed E-state index contributed by atoms with van der Waals surface area (Å²) in [7, 11) is 3.71. The third-order valence-corrected chi connectivity index (χ3v) is 2.98. The van der Waals surface area contributed by atoms with Crippen molar-refractivity contribution in [2.45, 2.75) is 25.8 Å². The number of aryl methyl sites for hydroxylation is 2. The van der Waals surface area contributed by atoms with E-state index < -0.39 is 0 Å². The molecule has 1 aromatic heterocycles. The minimum absolute atomic E-state index is 0.421. The van der Waals surface area contributed by atoms with Crippen LogP contribution in [0.15, 0.2) is 6.07 Å². The van der Waals surface area contributed by atoms with E-state index in [2.05, 4.69) is 23.4 Å². The predicted octanol–water partition coefficient (Wildman–Crippen LogP) is 1.57. The summed E-state index contributed by atoms with van der Waals surface area (Å²) in [5, 5.41) is 7.84. The number of aromatic nitrogens is 2. The van der Waals surface area contributed by atoms with Crippen molar-refractivity contribution in [1.82, 2.24) is 9.78 Å². The molecule has 1 unspecified atom stereocenters. The maximum absolute atomic E-state index is 5.22. The van der Waals surface area contributed by atoms with Crippen molar-refractivity contribution in [3.8, 4) is 0 Å². The van der Waals surface area contributed by atoms with Crippen molar-refractivity contribution in [3.63, 3.8) is 0 Å². The van der Waals surface area contributed by atoms with E-state index in [4.69, 9.17) is 4.74 Å². The number of hydrogen-bond donors (Lipinski definition) is 1. The zero-order chi connectivity index (χ0) is 10.8. The summed E-state index contributed by atoms with van der Waals surface area (Å²) in [6.45, 7) is 2.82. The van der Waals surface area contributed by atoms with Crippen LogP contribution < -0.4 is 5.32 Å². The van der Waals surface area contributed by atoms with E-state index in [1.165, 1.54) is 18.5 Å². The van der Waals surface area contributed by atoms with Gasteiger partial charge in [-0.25, -0.2) is 0 Å². The summed E-state index contributed by atoms with van der Waals surface area (Å²) in [5.41, 5.74) is 1.17. The number of nitrogens with zero attached hydrogens (tertiary/aromatic N) is 2. The fourth-order valence-electron chi connectivity index (χ4n) is 1.79. The van der Waals surface area contributed by atoms with Crippen LogP contribution in [0.2, 0.25) is 0 Å². The summed E-state index contributed by atoms with van der Waals surface area (Å²) in [4.78, 5) is 0. The molecule has 4 heteroatoms. The molecule has 1 N–H and O–H groups in total. The van der Waals surface area contributed by atoms with Gasteiger partial charge in [0.2, 0.25) is 0 Å². The molecule has 4 nitrogen and oxygen atoms in total. The number of methoxy groups -OCH3 is 1. The molecule has 0 amide bonds. The Labute approximate surface area is 90.6 Å². The molecule has 1 aliphatic rings. The van der Waals surface area contributed by atoms with Crippen molar-refractivity contribution in [2.24, 2.45) is 13.0 Å². The molecule has 1 fully saturated rings. The average Bonchev–Trinajstić information content (AvgIpc) is 2.95. The number of hydrogen-bond acceptors (Lipinski definition) is 3. The lowest BCUT2D eigenvalue weighted by Crippen LogP contribution is -2.27. The van der Waals surface area contributed by atoms with Gasteiger partial charge in [-0.3, -0.25) is 4.68 Å². The van der Waals surface area contributed by atoms with Gasteiger partial charge in [0.15, 0.2) is 0 Å². The molecule has 2 rings (SSSR count). The van der Waals surface area contributed by atoms with Gasteiger partial charge in [-0.05, 0) is 25.7 Å². The molecule has 0 spiro atoms. The molecule has 1 saturated carbocycles. The Kier molecular flexibility index (Phi) is 2.95. The summed E-state index contributed by atoms with van der Waals surface area (Å²) in [5.74, 6) is 1.73. The first-order valence-electron chi connectivity index (χ1n) is 5.47. The van der Waals surface area contributed by atoms with E-state index in [0.29, 0.717) is 6.04 Å². The van der Waals surface area contributed by atoms with Crippen molar-refractivity contribution < 1.29 is 4.74 Å². The highest BCUT2D eigenvalue weighted by Crippen LogP contribution is 2.34. The molecule has 15 heavy (non-hydrogen) atoms. The summed E-state index contributed by atoms with van der Waals surface area (Å²) in [6.07, 6.45) is 2.62. The lowest BCUT2D eigenvalue weighted by atomic mass is 10.2. The van der Waals surface area contributed by atoms with Crippen LogP contribution in [0.1, 0.15) is 18.5 Å². The van der Waals surface area contributed by atoms with Crippen LogP contribution in [-0.4, -0.2) is 29.5 Å². The van der Waals surface area contributed by atoms with Crippen LogP contribution in [0, 0.1) is 12.8 Å². The minimum Gasteiger partial charge on any atom is -0.383 e. The third-order valence-electron chi connectivity index (χ3n) is 2.98. The summed E-state index contributed by atoms with van der Waals surface area (Å²) >= 11 is 0. The van der Waals surface area contributed by atoms with Gasteiger partial charge in [0.05, 0.1) is 12.6 Å². The number of anilines is 1. The molecule has 0 aromatic carbocycles. The molecule has 1 aromatic rings. The Morgan fingerprint density at radius 3 is 2.87 bits per heavy atom. The van der Waals surface area contributed by atoms with Gasteiger partial charge in [-0.1, -0.05) is 0 Å². The highest BCUT2D eigenvalue weighted by molar-refractivity contribution is 5.37. The maximum Gasteiger partial charge on any atom is 0.148 e. The van der Waals surface area contributed by atoms with E-state index in [9.17, 15) is 0 Å². The standard InChI is InChI=1S/C11H19N3O/c1-8-6-11(13-14(8)2)12-10(7-15-3)9-4-5-9/h6,9-10H,4-5,7H2,1-3H3,(H,12,13). The zero-order valence-corrected chi connectivity index (χ0v) is 9.66. The van der Waals surface area contributed by atoms with Gasteiger partial charge >= 0.3 is 0 Å². The van der Waals surface area contributed by atoms with E-state index in [1.807, 2.05) is 11.7 Å². The first-order chi connectivity index (χ1) is 7.20. The van der Waals surface area contributed by atoms with Crippen LogP contribution in [0.3, 0.4) is 0 Å². The number of nitrogens with one attached hydrogen (secondary N) is 1. The third kappa shape index (κ3) is 2.50. The maximum atomic E-state index is 5.22. The van der Waals surface area contributed by atoms with Crippen LogP contribution in [0.25, 0.3) is 0 Å². The van der Waals surface area contributed by atoms with Gasteiger partial charge in [0, 0.05) is 25.9 Å². The Balaban J connectivity index is 1.98. The topological polar surface area (TPSA) is 39.1 Å². The second kappa shape index (κ2) is 4.23. The molecule has 1 heterocycles. The Hall–Kier alpha value is -1.03. The van der Waals surface area contributed by atoms with Gasteiger partial charge < -0.3 is 10.1 Å². The fraction of sp³-hybridized carbons (Fsp3) is 0.727. The predicted molar refractivity (Wildman–Crippen MR) is 60.0 cm³/mol. The lowest BCUT2D eigenvalue weighted by Gasteiger charge is -2.16. The van der Waals surface area contributed by atoms with Crippen molar-refractivity contribution in [2.75, 3.05) is 19.0 Å². The molecule has 1 aliphatic carbocycles. The zero-order valence-electron chi connectivity index (χ0n) is 9.66. The SMILES string of the molecule is COCC(Nc1cc(C)n(C)n1)C1CC1. The molecular formula is C11H19N3O. The fourth-order valence-corrected chi connectivity index (χ4v) is 1.79. The average molecular weight is 209 g/mol. The molecule has 1 atom stereocenters. The number of ether oxygens (including phenoxy) is 1. The van der Waals surface area contributed by atoms with Gasteiger partial charge in [-0.2, -0.15) is 5.10 Å². The highest BCUT2D eigenvalue weighted by Gasteiger charge is 2.31. The quantitative estimate of drug-likeness (QED) is 0.800. The number of rotatable bonds is 5. The van der Waals surface area contributed by atoms with Crippen molar-refractivity contribution in [1.29, 1.82) is 0 Å². The van der Waals surface area contributed by atoms with Crippen LogP contribution in [0.4, 0.5) is 5.82 Å². The molecule has 84 valence electrons. The van der Waals surface area contributed by atoms with Gasteiger partial charge in [-0.15, -0.1) is 0 Å². The van der Waals surface area contributed by atoms with E-state index in [-0.39, 0.29) is 0 Å². The second-order valence-electron chi connectivity index (χ2n) is 4.34. The second-order valence-corrected chi connectivity index (χ2v) is 4.34.